The summed E-state index contributed by atoms with van der Waals surface area (Å²) < 4.78 is 21.0. The molecule has 3 aliphatic carbocycles. The molecule has 4 aliphatic rings. The normalized spacial score (nSPS) is 27.0. The Labute approximate surface area is 247 Å². The van der Waals surface area contributed by atoms with Crippen molar-refractivity contribution >= 4 is 22.5 Å². The van der Waals surface area contributed by atoms with Gasteiger partial charge in [0.15, 0.2) is 5.96 Å². The molecule has 224 valence electrons. The van der Waals surface area contributed by atoms with Crippen LogP contribution in [0.1, 0.15) is 46.1 Å². The summed E-state index contributed by atoms with van der Waals surface area (Å²) in [6.07, 6.45) is 4.40. The quantitative estimate of drug-likeness (QED) is 0.321. The highest BCUT2D eigenvalue weighted by atomic mass is 19.1. The van der Waals surface area contributed by atoms with Crippen LogP contribution in [0.3, 0.4) is 0 Å². The monoisotopic (exact) mass is 574 g/mol. The number of benzene rings is 2. The van der Waals surface area contributed by atoms with Gasteiger partial charge in [-0.05, 0) is 79.2 Å². The Morgan fingerprint density at radius 3 is 2.76 bits per heavy atom. The molecule has 1 aromatic heterocycles. The van der Waals surface area contributed by atoms with Crippen molar-refractivity contribution in [3.63, 3.8) is 0 Å². The highest BCUT2D eigenvalue weighted by molar-refractivity contribution is 5.96. The Bertz CT molecular complexity index is 1550. The van der Waals surface area contributed by atoms with Gasteiger partial charge in [0, 0.05) is 44.0 Å². The number of piperazine rings is 1. The third kappa shape index (κ3) is 5.39. The van der Waals surface area contributed by atoms with Gasteiger partial charge in [0.25, 0.3) is 5.56 Å². The summed E-state index contributed by atoms with van der Waals surface area (Å²) in [6.45, 7) is 12.5. The average Bonchev–Trinajstić information content (AvgIpc) is 2.97. The minimum absolute atomic E-state index is 0.136. The summed E-state index contributed by atoms with van der Waals surface area (Å²) in [5, 5.41) is 7.70. The lowest BCUT2D eigenvalue weighted by Gasteiger charge is -2.61. The maximum absolute atomic E-state index is 14.4. The summed E-state index contributed by atoms with van der Waals surface area (Å²) in [4.78, 5) is 25.6. The third-order valence-electron chi connectivity index (χ3n) is 10.2. The molecule has 9 heteroatoms. The second-order valence-corrected chi connectivity index (χ2v) is 13.1. The third-order valence-corrected chi connectivity index (χ3v) is 10.2. The van der Waals surface area contributed by atoms with Gasteiger partial charge in [0.2, 0.25) is 0 Å². The zero-order chi connectivity index (χ0) is 29.6. The van der Waals surface area contributed by atoms with E-state index >= 15 is 0 Å². The van der Waals surface area contributed by atoms with E-state index in [2.05, 4.69) is 48.2 Å². The minimum Gasteiger partial charge on any atom is -0.497 e. The summed E-state index contributed by atoms with van der Waals surface area (Å²) in [5.41, 5.74) is 2.31. The number of halogens is 1. The molecule has 5 atom stereocenters. The van der Waals surface area contributed by atoms with Crippen LogP contribution < -0.4 is 20.9 Å². The molecule has 4 fully saturated rings. The topological polar surface area (TPSA) is 83.8 Å². The van der Waals surface area contributed by atoms with Crippen molar-refractivity contribution in [1.82, 2.24) is 19.8 Å². The molecular formula is C33H43FN6O2. The molecule has 1 saturated heterocycles. The summed E-state index contributed by atoms with van der Waals surface area (Å²) in [5.74, 6) is 3.05. The average molecular weight is 575 g/mol. The number of nitrogens with zero attached hydrogens (tertiary/aromatic N) is 4. The second-order valence-electron chi connectivity index (χ2n) is 13.1. The highest BCUT2D eigenvalue weighted by Crippen LogP contribution is 2.61. The number of anilines is 1. The van der Waals surface area contributed by atoms with Gasteiger partial charge in [-0.1, -0.05) is 26.8 Å². The number of hydrogen-bond donors (Lipinski definition) is 2. The smallest absolute Gasteiger partial charge is 0.261 e. The van der Waals surface area contributed by atoms with Crippen LogP contribution in [-0.4, -0.2) is 59.2 Å². The molecule has 1 aliphatic heterocycles. The van der Waals surface area contributed by atoms with Crippen LogP contribution in [0.2, 0.25) is 0 Å². The van der Waals surface area contributed by atoms with Crippen LogP contribution in [0.15, 0.2) is 52.5 Å². The van der Waals surface area contributed by atoms with E-state index in [0.717, 1.165) is 49.5 Å². The Hall–Kier alpha value is -3.46. The van der Waals surface area contributed by atoms with Crippen molar-refractivity contribution in [1.29, 1.82) is 0 Å². The largest absolute Gasteiger partial charge is 0.497 e. The zero-order valence-electron chi connectivity index (χ0n) is 25.4. The number of aliphatic imine (C=N–C) groups is 1. The summed E-state index contributed by atoms with van der Waals surface area (Å²) >= 11 is 0. The number of hydrogen-bond acceptors (Lipinski definition) is 5. The number of ether oxygens (including phenoxy) is 1. The van der Waals surface area contributed by atoms with Crippen LogP contribution in [0.4, 0.5) is 10.1 Å². The maximum Gasteiger partial charge on any atom is 0.261 e. The molecule has 2 N–H and O–H groups in total. The van der Waals surface area contributed by atoms with E-state index in [-0.39, 0.29) is 11.4 Å². The Morgan fingerprint density at radius 1 is 1.21 bits per heavy atom. The van der Waals surface area contributed by atoms with Crippen molar-refractivity contribution in [2.24, 2.45) is 28.2 Å². The summed E-state index contributed by atoms with van der Waals surface area (Å²) in [6, 6.07) is 11.2. The second kappa shape index (κ2) is 11.3. The predicted molar refractivity (Wildman–Crippen MR) is 166 cm³/mol. The fraction of sp³-hybridized carbons (Fsp3) is 0.545. The van der Waals surface area contributed by atoms with Gasteiger partial charge in [0.1, 0.15) is 11.6 Å². The molecule has 3 aromatic rings. The van der Waals surface area contributed by atoms with Crippen molar-refractivity contribution in [3.8, 4) is 5.75 Å². The van der Waals surface area contributed by atoms with Gasteiger partial charge >= 0.3 is 0 Å². The molecule has 0 amide bonds. The number of aryl methyl sites for hydroxylation is 2. The lowest BCUT2D eigenvalue weighted by Crippen LogP contribution is -2.57. The van der Waals surface area contributed by atoms with E-state index in [1.54, 1.807) is 23.0 Å². The van der Waals surface area contributed by atoms with Gasteiger partial charge in [-0.15, -0.1) is 0 Å². The molecule has 2 heterocycles. The minimum atomic E-state index is -0.341. The van der Waals surface area contributed by atoms with E-state index in [1.165, 1.54) is 19.6 Å². The Balaban J connectivity index is 1.22. The Morgan fingerprint density at radius 2 is 2.05 bits per heavy atom. The van der Waals surface area contributed by atoms with Crippen molar-refractivity contribution in [3.05, 3.63) is 64.5 Å². The van der Waals surface area contributed by atoms with Crippen molar-refractivity contribution < 1.29 is 9.13 Å². The zero-order valence-corrected chi connectivity index (χ0v) is 25.4. The highest BCUT2D eigenvalue weighted by Gasteiger charge is 2.56. The number of aromatic nitrogens is 2. The predicted octanol–water partition coefficient (Wildman–Crippen LogP) is 4.92. The SMILES string of the molecule is COc1ccc(CCn2cnc3cc(NC(=NC4C[C@H]5C[C@H]([C@@H]4C)C5(C)C)N4CCN[C@@H](C)C4)ccc3c2=O)c(F)c1. The molecular weight excluding hydrogens is 531 g/mol. The van der Waals surface area contributed by atoms with E-state index in [0.29, 0.717) is 58.6 Å². The first-order chi connectivity index (χ1) is 20.1. The van der Waals surface area contributed by atoms with E-state index in [4.69, 9.17) is 9.73 Å². The van der Waals surface area contributed by atoms with Gasteiger partial charge in [-0.2, -0.15) is 0 Å². The molecule has 2 bridgehead atoms. The van der Waals surface area contributed by atoms with Gasteiger partial charge in [-0.25, -0.2) is 14.4 Å². The number of nitrogens with one attached hydrogen (secondary N) is 2. The number of fused-ring (bicyclic) bond motifs is 3. The molecule has 0 radical (unpaired) electrons. The van der Waals surface area contributed by atoms with E-state index < -0.39 is 0 Å². The maximum atomic E-state index is 14.4. The van der Waals surface area contributed by atoms with Crippen LogP contribution in [0.25, 0.3) is 10.9 Å². The van der Waals surface area contributed by atoms with Crippen LogP contribution in [0, 0.1) is 29.0 Å². The molecule has 2 aromatic carbocycles. The fourth-order valence-corrected chi connectivity index (χ4v) is 7.39. The fourth-order valence-electron chi connectivity index (χ4n) is 7.39. The first-order valence-corrected chi connectivity index (χ1v) is 15.3. The first-order valence-electron chi connectivity index (χ1n) is 15.3. The molecule has 1 unspecified atom stereocenters. The molecule has 42 heavy (non-hydrogen) atoms. The van der Waals surface area contributed by atoms with Crippen molar-refractivity contribution in [2.75, 3.05) is 32.1 Å². The molecule has 3 saturated carbocycles. The molecule has 7 rings (SSSR count). The number of rotatable bonds is 6. The van der Waals surface area contributed by atoms with E-state index in [9.17, 15) is 9.18 Å². The van der Waals surface area contributed by atoms with Gasteiger partial charge in [0.05, 0.1) is 30.4 Å². The lowest BCUT2D eigenvalue weighted by atomic mass is 9.45. The van der Waals surface area contributed by atoms with E-state index in [1.807, 2.05) is 18.2 Å². The van der Waals surface area contributed by atoms with Gasteiger partial charge in [-0.3, -0.25) is 9.36 Å². The first kappa shape index (κ1) is 28.6. The lowest BCUT2D eigenvalue weighted by molar-refractivity contribution is -0.108. The Kier molecular flexibility index (Phi) is 7.72. The number of guanidine groups is 1. The van der Waals surface area contributed by atoms with Crippen LogP contribution in [-0.2, 0) is 13.0 Å². The summed E-state index contributed by atoms with van der Waals surface area (Å²) in [7, 11) is 1.51. The van der Waals surface area contributed by atoms with Crippen LogP contribution in [0.5, 0.6) is 5.75 Å². The molecule has 0 spiro atoms. The standard InChI is InChI=1S/C33H43FN6O2/c1-20-18-39(13-11-35-20)32(38-29-15-23-14-27(21(29)2)33(23,3)4)37-24-7-9-26-30(16-24)36-19-40(31(26)41)12-10-22-6-8-25(42-5)17-28(22)34/h6-9,16-17,19-21,23,27,29,35H,10-15,18H2,1-5H3,(H,37,38)/t20-,21-,23+,27+,29?/m0/s1. The van der Waals surface area contributed by atoms with Crippen LogP contribution >= 0.6 is 0 Å². The van der Waals surface area contributed by atoms with Crippen molar-refractivity contribution in [2.45, 2.75) is 65.6 Å². The number of methoxy groups -OCH3 is 1. The van der Waals surface area contributed by atoms with Gasteiger partial charge < -0.3 is 20.3 Å². The molecule has 8 nitrogen and oxygen atoms in total.